The Kier molecular flexibility index (Phi) is 6.07. The summed E-state index contributed by atoms with van der Waals surface area (Å²) in [4.78, 5) is 44.0. The molecule has 0 bridgehead atoms. The van der Waals surface area contributed by atoms with Gasteiger partial charge in [0.25, 0.3) is 0 Å². The van der Waals surface area contributed by atoms with Crippen LogP contribution < -0.4 is 19.9 Å². The first kappa shape index (κ1) is 24.5. The zero-order chi connectivity index (χ0) is 27.2. The molecule has 40 heavy (non-hydrogen) atoms. The van der Waals surface area contributed by atoms with Crippen LogP contribution in [0.5, 0.6) is 5.75 Å². The van der Waals surface area contributed by atoms with E-state index in [0.717, 1.165) is 58.2 Å². The molecule has 0 saturated carbocycles. The van der Waals surface area contributed by atoms with Crippen LogP contribution in [0.3, 0.4) is 0 Å². The van der Waals surface area contributed by atoms with Gasteiger partial charge < -0.3 is 19.9 Å². The van der Waals surface area contributed by atoms with Crippen molar-refractivity contribution < 1.29 is 14.3 Å². The van der Waals surface area contributed by atoms with Crippen molar-refractivity contribution in [2.45, 2.75) is 32.4 Å². The van der Waals surface area contributed by atoms with Gasteiger partial charge in [-0.3, -0.25) is 14.7 Å². The molecule has 3 aliphatic heterocycles. The molecule has 10 nitrogen and oxygen atoms in total. The fourth-order valence-corrected chi connectivity index (χ4v) is 6.10. The van der Waals surface area contributed by atoms with Crippen molar-refractivity contribution in [3.05, 3.63) is 71.1 Å². The Hall–Kier alpha value is -4.51. The van der Waals surface area contributed by atoms with Crippen LogP contribution >= 0.6 is 11.3 Å². The standard InChI is InChI=1S/C29H27N7O3S/c1-18-24-11-27(31-14-25(24)23-5-4-21(10-26(23)39-18)35-6-2-3-28(35)37)33-19-9-22(13-30-12-19)36-8-7-34(29(36)38)15-20-16-40-17-32-20/h4-5,9-14,16-18H,2-3,6-8,15H2,1H3,(H,31,33)/t18-/m0/s1. The summed E-state index contributed by atoms with van der Waals surface area (Å²) in [5.41, 5.74) is 8.00. The number of hydrogen-bond acceptors (Lipinski definition) is 8. The number of carbonyl (C=O) groups is 2. The highest BCUT2D eigenvalue weighted by molar-refractivity contribution is 7.07. The highest BCUT2D eigenvalue weighted by Crippen LogP contribution is 2.44. The van der Waals surface area contributed by atoms with Gasteiger partial charge in [0, 0.05) is 66.1 Å². The maximum absolute atomic E-state index is 13.0. The summed E-state index contributed by atoms with van der Waals surface area (Å²) in [5, 5.41) is 5.31. The number of ether oxygens (including phenoxy) is 1. The second kappa shape index (κ2) is 9.91. The van der Waals surface area contributed by atoms with Crippen LogP contribution in [0.2, 0.25) is 0 Å². The monoisotopic (exact) mass is 553 g/mol. The molecule has 0 aliphatic carbocycles. The lowest BCUT2D eigenvalue weighted by molar-refractivity contribution is -0.117. The number of hydrogen-bond donors (Lipinski definition) is 1. The number of carbonyl (C=O) groups excluding carboxylic acids is 2. The Morgan fingerprint density at radius 3 is 2.75 bits per heavy atom. The third kappa shape index (κ3) is 4.41. The molecule has 6 heterocycles. The van der Waals surface area contributed by atoms with Gasteiger partial charge in [0.15, 0.2) is 0 Å². The van der Waals surface area contributed by atoms with E-state index in [0.29, 0.717) is 31.9 Å². The molecule has 4 aromatic rings. The summed E-state index contributed by atoms with van der Waals surface area (Å²) >= 11 is 1.53. The van der Waals surface area contributed by atoms with E-state index in [1.807, 2.05) is 53.7 Å². The van der Waals surface area contributed by atoms with Gasteiger partial charge in [0.05, 0.1) is 41.5 Å². The van der Waals surface area contributed by atoms with Crippen molar-refractivity contribution in [1.29, 1.82) is 0 Å². The summed E-state index contributed by atoms with van der Waals surface area (Å²) in [7, 11) is 0. The average Bonchev–Trinajstić information content (AvgIpc) is 3.71. The molecule has 2 fully saturated rings. The van der Waals surface area contributed by atoms with E-state index in [9.17, 15) is 9.59 Å². The number of nitrogens with zero attached hydrogens (tertiary/aromatic N) is 6. The Balaban J connectivity index is 1.09. The van der Waals surface area contributed by atoms with Crippen molar-refractivity contribution in [2.24, 2.45) is 0 Å². The Morgan fingerprint density at radius 2 is 1.93 bits per heavy atom. The first-order valence-electron chi connectivity index (χ1n) is 13.3. The van der Waals surface area contributed by atoms with E-state index in [2.05, 4.69) is 20.3 Å². The van der Waals surface area contributed by atoms with Crippen LogP contribution in [0, 0.1) is 0 Å². The number of benzene rings is 1. The van der Waals surface area contributed by atoms with Gasteiger partial charge in [0.2, 0.25) is 5.91 Å². The van der Waals surface area contributed by atoms with E-state index in [4.69, 9.17) is 4.74 Å². The van der Waals surface area contributed by atoms with Gasteiger partial charge in [-0.15, -0.1) is 11.3 Å². The molecule has 0 spiro atoms. The van der Waals surface area contributed by atoms with Gasteiger partial charge in [-0.05, 0) is 37.6 Å². The van der Waals surface area contributed by atoms with E-state index in [1.165, 1.54) is 11.3 Å². The van der Waals surface area contributed by atoms with Crippen LogP contribution in [0.15, 0.2) is 59.8 Å². The maximum Gasteiger partial charge on any atom is 0.325 e. The van der Waals surface area contributed by atoms with E-state index >= 15 is 0 Å². The number of anilines is 4. The van der Waals surface area contributed by atoms with Crippen LogP contribution in [0.1, 0.15) is 37.1 Å². The molecule has 3 aromatic heterocycles. The fraction of sp³-hybridized carbons (Fsp3) is 0.276. The van der Waals surface area contributed by atoms with Crippen molar-refractivity contribution in [3.63, 3.8) is 0 Å². The number of thiazole rings is 1. The second-order valence-electron chi connectivity index (χ2n) is 10.1. The first-order valence-corrected chi connectivity index (χ1v) is 14.2. The van der Waals surface area contributed by atoms with Gasteiger partial charge in [-0.2, -0.15) is 0 Å². The third-order valence-corrected chi connectivity index (χ3v) is 8.19. The summed E-state index contributed by atoms with van der Waals surface area (Å²) < 4.78 is 6.29. The predicted molar refractivity (Wildman–Crippen MR) is 153 cm³/mol. The maximum atomic E-state index is 13.0. The number of rotatable bonds is 6. The molecular formula is C29H27N7O3S. The van der Waals surface area contributed by atoms with Gasteiger partial charge in [-0.25, -0.2) is 14.8 Å². The highest BCUT2D eigenvalue weighted by Gasteiger charge is 2.31. The average molecular weight is 554 g/mol. The van der Waals surface area contributed by atoms with Crippen molar-refractivity contribution in [1.82, 2.24) is 19.9 Å². The van der Waals surface area contributed by atoms with Crippen LogP contribution in [0.25, 0.3) is 11.1 Å². The number of pyridine rings is 2. The lowest BCUT2D eigenvalue weighted by atomic mass is 9.94. The van der Waals surface area contributed by atoms with Crippen molar-refractivity contribution >= 4 is 46.2 Å². The summed E-state index contributed by atoms with van der Waals surface area (Å²) in [6, 6.07) is 9.79. The minimum absolute atomic E-state index is 0.0549. The summed E-state index contributed by atoms with van der Waals surface area (Å²) in [6.45, 7) is 4.48. The lowest BCUT2D eigenvalue weighted by Crippen LogP contribution is -2.31. The summed E-state index contributed by atoms with van der Waals surface area (Å²) in [5.74, 6) is 1.58. The van der Waals surface area contributed by atoms with Crippen LogP contribution in [-0.2, 0) is 11.3 Å². The molecule has 11 heteroatoms. The minimum Gasteiger partial charge on any atom is -0.485 e. The summed E-state index contributed by atoms with van der Waals surface area (Å²) in [6.07, 6.45) is 6.56. The Labute approximate surface area is 235 Å². The van der Waals surface area contributed by atoms with E-state index in [-0.39, 0.29) is 18.0 Å². The third-order valence-electron chi connectivity index (χ3n) is 7.56. The van der Waals surface area contributed by atoms with Gasteiger partial charge in [0.1, 0.15) is 17.7 Å². The molecule has 0 radical (unpaired) electrons. The molecule has 0 unspecified atom stereocenters. The van der Waals surface area contributed by atoms with Crippen LogP contribution in [-0.4, -0.2) is 51.4 Å². The quantitative estimate of drug-likeness (QED) is 0.343. The highest BCUT2D eigenvalue weighted by atomic mass is 32.1. The van der Waals surface area contributed by atoms with E-state index in [1.54, 1.807) is 27.7 Å². The van der Waals surface area contributed by atoms with Crippen molar-refractivity contribution in [3.8, 4) is 16.9 Å². The van der Waals surface area contributed by atoms with Gasteiger partial charge in [-0.1, -0.05) is 0 Å². The number of amides is 3. The van der Waals surface area contributed by atoms with E-state index < -0.39 is 0 Å². The zero-order valence-corrected chi connectivity index (χ0v) is 22.7. The topological polar surface area (TPSA) is 104 Å². The number of urea groups is 1. The number of fused-ring (bicyclic) bond motifs is 3. The molecular weight excluding hydrogens is 526 g/mol. The molecule has 3 amide bonds. The number of nitrogens with one attached hydrogen (secondary N) is 1. The van der Waals surface area contributed by atoms with Gasteiger partial charge >= 0.3 is 6.03 Å². The lowest BCUT2D eigenvalue weighted by Gasteiger charge is -2.28. The molecule has 7 rings (SSSR count). The SMILES string of the molecule is C[C@@H]1Oc2cc(N3CCCC3=O)ccc2-c2cnc(Nc3cncc(N4CCN(Cc5cscn5)C4=O)c3)cc21. The molecule has 1 N–H and O–H groups in total. The van der Waals surface area contributed by atoms with Crippen LogP contribution in [0.4, 0.5) is 27.7 Å². The molecule has 3 aliphatic rings. The minimum atomic E-state index is -0.189. The first-order chi connectivity index (χ1) is 19.5. The second-order valence-corrected chi connectivity index (χ2v) is 10.9. The molecule has 2 saturated heterocycles. The fourth-order valence-electron chi connectivity index (χ4n) is 5.55. The smallest absolute Gasteiger partial charge is 0.325 e. The molecule has 202 valence electrons. The van der Waals surface area contributed by atoms with Crippen molar-refractivity contribution in [2.75, 3.05) is 34.8 Å². The zero-order valence-electron chi connectivity index (χ0n) is 21.9. The molecule has 1 aromatic carbocycles. The number of aromatic nitrogens is 3. The Morgan fingerprint density at radius 1 is 1.00 bits per heavy atom. The molecule has 1 atom stereocenters. The normalized spacial score (nSPS) is 18.1. The Bertz CT molecular complexity index is 1610. The predicted octanol–water partition coefficient (Wildman–Crippen LogP) is 5.37. The largest absolute Gasteiger partial charge is 0.485 e.